The molecule has 0 saturated heterocycles. The molecule has 2 aliphatic heterocycles. The van der Waals surface area contributed by atoms with Gasteiger partial charge in [0, 0.05) is 27.1 Å². The lowest BCUT2D eigenvalue weighted by Gasteiger charge is -2.43. The first-order chi connectivity index (χ1) is 11.4. The summed E-state index contributed by atoms with van der Waals surface area (Å²) < 4.78 is 5.42. The number of aromatic nitrogens is 1. The van der Waals surface area contributed by atoms with Crippen molar-refractivity contribution in [2.24, 2.45) is 5.41 Å². The molecule has 2 aromatic rings. The molecule has 2 N–H and O–H groups in total. The van der Waals surface area contributed by atoms with Gasteiger partial charge in [-0.15, -0.1) is 11.8 Å². The predicted octanol–water partition coefficient (Wildman–Crippen LogP) is 2.71. The number of benzene rings is 1. The molecular weight excluding hydrogens is 374 g/mol. The third-order valence-electron chi connectivity index (χ3n) is 4.29. The van der Waals surface area contributed by atoms with Crippen LogP contribution in [0.25, 0.3) is 0 Å². The molecule has 24 heavy (non-hydrogen) atoms. The van der Waals surface area contributed by atoms with Gasteiger partial charge in [-0.2, -0.15) is 0 Å². The summed E-state index contributed by atoms with van der Waals surface area (Å²) in [5.41, 5.74) is -0.619. The monoisotopic (exact) mass is 383 g/mol. The second-order valence-electron chi connectivity index (χ2n) is 5.73. The van der Waals surface area contributed by atoms with Crippen LogP contribution >= 0.6 is 34.7 Å². The standard InChI is InChI=1S/C15H10ClNO5S2/c16-6-1-2-8-7(3-6)10-11-12(17-14(21)24-11)23-5-15(10,4-9(18)19)13(20)22-8/h1-3,10H,4-5H2,(H,17,21)(H,18,19)/t10-,15+/m0/s1. The number of halogens is 1. The van der Waals surface area contributed by atoms with Gasteiger partial charge in [0.1, 0.15) is 11.2 Å². The molecule has 1 aromatic heterocycles. The lowest BCUT2D eigenvalue weighted by molar-refractivity contribution is -0.154. The van der Waals surface area contributed by atoms with Crippen LogP contribution < -0.4 is 9.61 Å². The average molecular weight is 384 g/mol. The average Bonchev–Trinajstić information content (AvgIpc) is 2.88. The molecule has 3 heterocycles. The molecule has 9 heteroatoms. The van der Waals surface area contributed by atoms with E-state index in [-0.39, 0.29) is 17.0 Å². The number of aliphatic carboxylic acids is 1. The predicted molar refractivity (Wildman–Crippen MR) is 89.3 cm³/mol. The zero-order valence-electron chi connectivity index (χ0n) is 12.0. The number of aromatic amines is 1. The molecular formula is C15H10ClNO5S2. The number of carbonyl (C=O) groups is 2. The molecule has 2 atom stereocenters. The number of carboxylic acid groups (broad SMARTS) is 1. The number of carbonyl (C=O) groups excluding carboxylic acids is 1. The number of hydrogen-bond donors (Lipinski definition) is 2. The van der Waals surface area contributed by atoms with Crippen molar-refractivity contribution in [3.8, 4) is 5.75 Å². The molecule has 0 spiro atoms. The number of esters is 1. The van der Waals surface area contributed by atoms with Crippen LogP contribution in [0.3, 0.4) is 0 Å². The van der Waals surface area contributed by atoms with E-state index in [2.05, 4.69) is 4.98 Å². The second-order valence-corrected chi connectivity index (χ2v) is 8.16. The summed E-state index contributed by atoms with van der Waals surface area (Å²) in [6.45, 7) is 0. The van der Waals surface area contributed by atoms with Gasteiger partial charge < -0.3 is 14.8 Å². The Morgan fingerprint density at radius 2 is 2.25 bits per heavy atom. The van der Waals surface area contributed by atoms with Crippen LogP contribution in [0, 0.1) is 5.41 Å². The van der Waals surface area contributed by atoms with Gasteiger partial charge in [-0.1, -0.05) is 22.9 Å². The van der Waals surface area contributed by atoms with E-state index in [0.29, 0.717) is 26.2 Å². The second kappa shape index (κ2) is 5.37. The van der Waals surface area contributed by atoms with Crippen LogP contribution in [0.4, 0.5) is 0 Å². The van der Waals surface area contributed by atoms with Gasteiger partial charge in [0.2, 0.25) is 0 Å². The Hall–Kier alpha value is -1.77. The summed E-state index contributed by atoms with van der Waals surface area (Å²) in [5.74, 6) is -1.66. The smallest absolute Gasteiger partial charge is 0.319 e. The summed E-state index contributed by atoms with van der Waals surface area (Å²) in [6.07, 6.45) is -0.374. The molecule has 0 bridgehead atoms. The third kappa shape index (κ3) is 2.21. The molecule has 1 aromatic carbocycles. The Morgan fingerprint density at radius 3 is 3.00 bits per heavy atom. The minimum Gasteiger partial charge on any atom is -0.481 e. The molecule has 2 aliphatic rings. The number of ether oxygens (including phenoxy) is 1. The van der Waals surface area contributed by atoms with Gasteiger partial charge in [0.15, 0.2) is 0 Å². The molecule has 0 unspecified atom stereocenters. The molecule has 0 radical (unpaired) electrons. The fourth-order valence-corrected chi connectivity index (χ4v) is 6.04. The van der Waals surface area contributed by atoms with Gasteiger partial charge in [-0.25, -0.2) is 0 Å². The largest absolute Gasteiger partial charge is 0.481 e. The van der Waals surface area contributed by atoms with Gasteiger partial charge >= 0.3 is 16.8 Å². The van der Waals surface area contributed by atoms with Crippen LogP contribution in [0.2, 0.25) is 5.02 Å². The maximum atomic E-state index is 12.7. The lowest BCUT2D eigenvalue weighted by atomic mass is 9.68. The van der Waals surface area contributed by atoms with Crippen molar-refractivity contribution in [2.75, 3.05) is 5.75 Å². The number of carboxylic acids is 1. The highest BCUT2D eigenvalue weighted by atomic mass is 35.5. The lowest BCUT2D eigenvalue weighted by Crippen LogP contribution is -2.48. The first kappa shape index (κ1) is 15.7. The van der Waals surface area contributed by atoms with Gasteiger partial charge in [0.05, 0.1) is 11.4 Å². The van der Waals surface area contributed by atoms with Crippen molar-refractivity contribution in [1.82, 2.24) is 4.98 Å². The van der Waals surface area contributed by atoms with Crippen LogP contribution in [-0.2, 0) is 9.59 Å². The van der Waals surface area contributed by atoms with Crippen molar-refractivity contribution in [2.45, 2.75) is 17.4 Å². The highest BCUT2D eigenvalue weighted by Crippen LogP contribution is 2.58. The van der Waals surface area contributed by atoms with Crippen LogP contribution in [0.15, 0.2) is 28.0 Å². The Bertz CT molecular complexity index is 936. The van der Waals surface area contributed by atoms with Crippen molar-refractivity contribution < 1.29 is 19.4 Å². The number of hydrogen-bond acceptors (Lipinski definition) is 6. The van der Waals surface area contributed by atoms with E-state index in [1.807, 2.05) is 0 Å². The quantitative estimate of drug-likeness (QED) is 0.611. The minimum atomic E-state index is -1.26. The molecule has 124 valence electrons. The SMILES string of the molecule is O=C(O)C[C@@]12CSc3[nH]c(=O)sc3[C@@H]1c1cc(Cl)ccc1OC2=O. The minimum absolute atomic E-state index is 0.217. The zero-order chi connectivity index (χ0) is 17.1. The summed E-state index contributed by atoms with van der Waals surface area (Å²) in [5, 5.41) is 10.5. The Balaban J connectivity index is 2.01. The Morgan fingerprint density at radius 1 is 1.46 bits per heavy atom. The normalized spacial score (nSPS) is 24.5. The van der Waals surface area contributed by atoms with Crippen LogP contribution in [0.1, 0.15) is 22.8 Å². The number of rotatable bonds is 2. The molecule has 6 nitrogen and oxygen atoms in total. The maximum absolute atomic E-state index is 12.7. The van der Waals surface area contributed by atoms with Crippen molar-refractivity contribution in [3.63, 3.8) is 0 Å². The number of fused-ring (bicyclic) bond motifs is 5. The summed E-state index contributed by atoms with van der Waals surface area (Å²) >= 11 is 8.37. The summed E-state index contributed by atoms with van der Waals surface area (Å²) in [6, 6.07) is 4.88. The van der Waals surface area contributed by atoms with E-state index >= 15 is 0 Å². The molecule has 0 amide bonds. The molecule has 4 rings (SSSR count). The van der Waals surface area contributed by atoms with Crippen LogP contribution in [-0.4, -0.2) is 27.8 Å². The highest BCUT2D eigenvalue weighted by molar-refractivity contribution is 7.99. The van der Waals surface area contributed by atoms with Crippen molar-refractivity contribution >= 4 is 46.6 Å². The number of thiazole rings is 1. The molecule has 0 saturated carbocycles. The van der Waals surface area contributed by atoms with E-state index in [1.165, 1.54) is 11.8 Å². The maximum Gasteiger partial charge on any atom is 0.319 e. The third-order valence-corrected chi connectivity index (χ3v) is 6.87. The van der Waals surface area contributed by atoms with Crippen LogP contribution in [0.5, 0.6) is 5.75 Å². The van der Waals surface area contributed by atoms with Gasteiger partial charge in [-0.3, -0.25) is 14.4 Å². The highest BCUT2D eigenvalue weighted by Gasteiger charge is 2.57. The zero-order valence-corrected chi connectivity index (χ0v) is 14.4. The molecule has 0 aliphatic carbocycles. The summed E-state index contributed by atoms with van der Waals surface area (Å²) in [7, 11) is 0. The Kier molecular flexibility index (Phi) is 3.52. The van der Waals surface area contributed by atoms with E-state index in [4.69, 9.17) is 16.3 Å². The first-order valence-electron chi connectivity index (χ1n) is 7.00. The first-order valence-corrected chi connectivity index (χ1v) is 9.18. The number of thioether (sulfide) groups is 1. The van der Waals surface area contributed by atoms with Gasteiger partial charge in [-0.05, 0) is 18.2 Å². The fraction of sp³-hybridized carbons (Fsp3) is 0.267. The topological polar surface area (TPSA) is 96.5 Å². The van der Waals surface area contributed by atoms with E-state index in [0.717, 1.165) is 11.3 Å². The Labute approximate surface area is 148 Å². The van der Waals surface area contributed by atoms with E-state index in [9.17, 15) is 19.5 Å². The van der Waals surface area contributed by atoms with Crippen molar-refractivity contribution in [3.05, 3.63) is 43.3 Å². The fourth-order valence-electron chi connectivity index (χ4n) is 3.31. The van der Waals surface area contributed by atoms with Gasteiger partial charge in [0.25, 0.3) is 0 Å². The number of nitrogens with one attached hydrogen (secondary N) is 1. The number of H-pyrrole nitrogens is 1. The summed E-state index contributed by atoms with van der Waals surface area (Å²) in [4.78, 5) is 39.2. The molecule has 0 fully saturated rings. The van der Waals surface area contributed by atoms with Crippen molar-refractivity contribution in [1.29, 1.82) is 0 Å². The van der Waals surface area contributed by atoms with E-state index in [1.54, 1.807) is 18.2 Å². The van der Waals surface area contributed by atoms with E-state index < -0.39 is 23.3 Å².